The molecule has 0 unspecified atom stereocenters. The molecule has 10 nitrogen and oxygen atoms in total. The molecule has 0 aliphatic rings. The fraction of sp³-hybridized carbons (Fsp3) is 0.188. The summed E-state index contributed by atoms with van der Waals surface area (Å²) in [6, 6.07) is 24.9. The molecule has 6 N–H and O–H groups in total. The number of carbonyl (C=O) groups excluding carboxylic acids is 2. The third-order valence-electron chi connectivity index (χ3n) is 5.75. The number of nitrogens with two attached hydrogens (primary N) is 2. The first kappa shape index (κ1) is 34.6. The van der Waals surface area contributed by atoms with Crippen LogP contribution in [0, 0.1) is 0 Å². The van der Waals surface area contributed by atoms with E-state index in [2.05, 4.69) is 9.97 Å². The third kappa shape index (κ3) is 13.1. The van der Waals surface area contributed by atoms with Crippen LogP contribution in [0.4, 0.5) is 0 Å². The van der Waals surface area contributed by atoms with Crippen molar-refractivity contribution < 1.29 is 29.4 Å². The van der Waals surface area contributed by atoms with Crippen molar-refractivity contribution in [2.24, 2.45) is 11.5 Å². The zero-order valence-electron chi connectivity index (χ0n) is 23.5. The number of hydrogen-bond acceptors (Lipinski definition) is 6. The number of aromatic nitrogens is 2. The molecule has 42 heavy (non-hydrogen) atoms. The van der Waals surface area contributed by atoms with E-state index >= 15 is 0 Å². The molecule has 0 saturated carbocycles. The summed E-state index contributed by atoms with van der Waals surface area (Å²) in [5.41, 5.74) is 12.6. The standard InChI is InChI=1S/2C10H12O2.2C6H6N2O/c2*1-2-9(10(11)12)8-6-4-3-5-7-8;2*7-6(9)5-1-3-8-4-2-5/h2*3-7,9H,2H2,1H3,(H,11,12);2*1-4H,(H2,7,9)/t2*9-;;/m11../s1. The van der Waals surface area contributed by atoms with Crippen LogP contribution >= 0.6 is 0 Å². The summed E-state index contributed by atoms with van der Waals surface area (Å²) in [7, 11) is 0. The predicted octanol–water partition coefficient (Wildman–Crippen LogP) is 4.89. The molecule has 2 amide bonds. The lowest BCUT2D eigenvalue weighted by molar-refractivity contribution is -0.139. The minimum atomic E-state index is -0.747. The smallest absolute Gasteiger partial charge is 0.310 e. The fourth-order valence-electron chi connectivity index (χ4n) is 3.51. The number of carboxylic acids is 2. The SMILES string of the molecule is CC[C@@H](C(=O)O)c1ccccc1.CC[C@@H](C(=O)O)c1ccccc1.NC(=O)c1ccncc1.NC(=O)c1ccncc1. The molecular weight excluding hydrogens is 536 g/mol. The number of amides is 2. The number of carboxylic acid groups (broad SMARTS) is 2. The summed E-state index contributed by atoms with van der Waals surface area (Å²) in [5.74, 6) is -3.04. The van der Waals surface area contributed by atoms with E-state index in [-0.39, 0.29) is 11.8 Å². The highest BCUT2D eigenvalue weighted by molar-refractivity contribution is 5.92. The van der Waals surface area contributed by atoms with Gasteiger partial charge in [0.25, 0.3) is 0 Å². The van der Waals surface area contributed by atoms with Crippen molar-refractivity contribution in [3.05, 3.63) is 132 Å². The monoisotopic (exact) mass is 572 g/mol. The average molecular weight is 573 g/mol. The van der Waals surface area contributed by atoms with E-state index in [0.717, 1.165) is 11.1 Å². The second-order valence-corrected chi connectivity index (χ2v) is 8.62. The lowest BCUT2D eigenvalue weighted by Gasteiger charge is -2.08. The second kappa shape index (κ2) is 19.6. The predicted molar refractivity (Wildman–Crippen MR) is 160 cm³/mol. The Labute approximate surface area is 245 Å². The molecule has 220 valence electrons. The number of rotatable bonds is 8. The van der Waals surface area contributed by atoms with E-state index in [0.29, 0.717) is 24.0 Å². The van der Waals surface area contributed by atoms with Crippen molar-refractivity contribution in [3.63, 3.8) is 0 Å². The van der Waals surface area contributed by atoms with Gasteiger partial charge >= 0.3 is 11.9 Å². The van der Waals surface area contributed by atoms with Gasteiger partial charge in [-0.25, -0.2) is 0 Å². The van der Waals surface area contributed by atoms with Crippen LogP contribution in [0.5, 0.6) is 0 Å². The molecule has 4 rings (SSSR count). The van der Waals surface area contributed by atoms with Gasteiger partial charge in [-0.2, -0.15) is 0 Å². The molecule has 0 fully saturated rings. The van der Waals surface area contributed by atoms with Gasteiger partial charge in [-0.05, 0) is 48.2 Å². The molecule has 0 aliphatic heterocycles. The maximum absolute atomic E-state index is 10.7. The van der Waals surface area contributed by atoms with Gasteiger partial charge in [0.15, 0.2) is 0 Å². The second-order valence-electron chi connectivity index (χ2n) is 8.62. The van der Waals surface area contributed by atoms with E-state index in [9.17, 15) is 19.2 Å². The Morgan fingerprint density at radius 3 is 1.05 bits per heavy atom. The van der Waals surface area contributed by atoms with E-state index in [4.69, 9.17) is 21.7 Å². The Bertz CT molecular complexity index is 1250. The number of benzene rings is 2. The number of hydrogen-bond donors (Lipinski definition) is 4. The van der Waals surface area contributed by atoms with Gasteiger partial charge in [-0.15, -0.1) is 0 Å². The van der Waals surface area contributed by atoms with Crippen LogP contribution in [0.1, 0.15) is 70.4 Å². The first-order chi connectivity index (χ1) is 20.1. The minimum absolute atomic E-state index is 0.355. The van der Waals surface area contributed by atoms with Gasteiger partial charge in [0.1, 0.15) is 0 Å². The fourth-order valence-corrected chi connectivity index (χ4v) is 3.51. The van der Waals surface area contributed by atoms with Gasteiger partial charge in [0.2, 0.25) is 11.8 Å². The van der Waals surface area contributed by atoms with Crippen molar-refractivity contribution in [2.45, 2.75) is 38.5 Å². The Morgan fingerprint density at radius 2 is 0.857 bits per heavy atom. The van der Waals surface area contributed by atoms with Crippen molar-refractivity contribution in [1.82, 2.24) is 9.97 Å². The van der Waals surface area contributed by atoms with Crippen LogP contribution in [0.15, 0.2) is 110 Å². The zero-order valence-corrected chi connectivity index (χ0v) is 23.5. The highest BCUT2D eigenvalue weighted by Gasteiger charge is 2.16. The Morgan fingerprint density at radius 1 is 0.571 bits per heavy atom. The van der Waals surface area contributed by atoms with Gasteiger partial charge in [0.05, 0.1) is 11.8 Å². The van der Waals surface area contributed by atoms with E-state index < -0.39 is 23.8 Å². The van der Waals surface area contributed by atoms with Crippen LogP contribution in [0.25, 0.3) is 0 Å². The Balaban J connectivity index is 0.000000283. The lowest BCUT2D eigenvalue weighted by Crippen LogP contribution is -2.10. The molecule has 2 aromatic carbocycles. The highest BCUT2D eigenvalue weighted by Crippen LogP contribution is 2.19. The molecule has 10 heteroatoms. The normalized spacial score (nSPS) is 10.9. The quantitative estimate of drug-likeness (QED) is 0.230. The molecule has 0 saturated heterocycles. The molecule has 0 spiro atoms. The maximum Gasteiger partial charge on any atom is 0.310 e. The topological polar surface area (TPSA) is 187 Å². The molecule has 2 heterocycles. The maximum atomic E-state index is 10.7. The molecule has 0 aliphatic carbocycles. The van der Waals surface area contributed by atoms with E-state index in [1.54, 1.807) is 24.3 Å². The van der Waals surface area contributed by atoms with Crippen LogP contribution in [0.3, 0.4) is 0 Å². The Kier molecular flexibility index (Phi) is 16.2. The Hall–Kier alpha value is -5.38. The van der Waals surface area contributed by atoms with Crippen molar-refractivity contribution in [2.75, 3.05) is 0 Å². The molecule has 4 aromatic rings. The van der Waals surface area contributed by atoms with Gasteiger partial charge < -0.3 is 21.7 Å². The van der Waals surface area contributed by atoms with Crippen LogP contribution in [-0.2, 0) is 9.59 Å². The number of carbonyl (C=O) groups is 4. The van der Waals surface area contributed by atoms with Crippen LogP contribution in [0.2, 0.25) is 0 Å². The number of pyridine rings is 2. The van der Waals surface area contributed by atoms with Gasteiger partial charge in [-0.1, -0.05) is 74.5 Å². The largest absolute Gasteiger partial charge is 0.481 e. The zero-order chi connectivity index (χ0) is 31.3. The molecule has 2 aromatic heterocycles. The summed E-state index contributed by atoms with van der Waals surface area (Å²) in [6.45, 7) is 3.76. The molecular formula is C32H36N4O6. The van der Waals surface area contributed by atoms with Crippen LogP contribution < -0.4 is 11.5 Å². The lowest BCUT2D eigenvalue weighted by atomic mass is 9.97. The van der Waals surface area contributed by atoms with Gasteiger partial charge in [-0.3, -0.25) is 29.1 Å². The molecule has 0 bridgehead atoms. The van der Waals surface area contributed by atoms with Crippen molar-refractivity contribution in [3.8, 4) is 0 Å². The van der Waals surface area contributed by atoms with E-state index in [1.165, 1.54) is 24.8 Å². The van der Waals surface area contributed by atoms with Crippen molar-refractivity contribution >= 4 is 23.8 Å². The average Bonchev–Trinajstić information content (AvgIpc) is 3.00. The summed E-state index contributed by atoms with van der Waals surface area (Å²) >= 11 is 0. The molecule has 0 radical (unpaired) electrons. The van der Waals surface area contributed by atoms with E-state index in [1.807, 2.05) is 74.5 Å². The first-order valence-corrected chi connectivity index (χ1v) is 13.1. The number of aliphatic carboxylic acids is 2. The molecule has 2 atom stereocenters. The van der Waals surface area contributed by atoms with Crippen LogP contribution in [-0.4, -0.2) is 43.9 Å². The van der Waals surface area contributed by atoms with Crippen molar-refractivity contribution in [1.29, 1.82) is 0 Å². The van der Waals surface area contributed by atoms with Gasteiger partial charge in [0, 0.05) is 35.9 Å². The summed E-state index contributed by atoms with van der Waals surface area (Å²) < 4.78 is 0. The highest BCUT2D eigenvalue weighted by atomic mass is 16.4. The first-order valence-electron chi connectivity index (χ1n) is 13.1. The number of primary amides is 2. The number of nitrogens with zero attached hydrogens (tertiary/aromatic N) is 2. The summed E-state index contributed by atoms with van der Waals surface area (Å²) in [6.07, 6.45) is 7.39. The third-order valence-corrected chi connectivity index (χ3v) is 5.75. The summed E-state index contributed by atoms with van der Waals surface area (Å²) in [5, 5.41) is 17.7. The minimum Gasteiger partial charge on any atom is -0.481 e. The summed E-state index contributed by atoms with van der Waals surface area (Å²) in [4.78, 5) is 49.7.